The molecule has 0 aromatic heterocycles. The number of benzene rings is 2. The molecule has 1 atom stereocenters. The minimum atomic E-state index is -2.15. The molecule has 1 unspecified atom stereocenters. The molecule has 0 radical (unpaired) electrons. The van der Waals surface area contributed by atoms with Gasteiger partial charge in [0, 0.05) is 17.7 Å². The number of ether oxygens (including phenoxy) is 1. The lowest BCUT2D eigenvalue weighted by molar-refractivity contribution is 0.0192. The number of anilines is 1. The second kappa shape index (κ2) is 7.92. The Hall–Kier alpha value is -2.18. The van der Waals surface area contributed by atoms with E-state index >= 15 is 0 Å². The Balaban J connectivity index is 1.56. The number of amides is 2. The van der Waals surface area contributed by atoms with Crippen LogP contribution in [0.1, 0.15) is 54.5 Å². The van der Waals surface area contributed by atoms with Gasteiger partial charge in [0.1, 0.15) is 0 Å². The van der Waals surface area contributed by atoms with Crippen molar-refractivity contribution >= 4 is 22.3 Å². The van der Waals surface area contributed by atoms with E-state index in [1.54, 1.807) is 19.2 Å². The van der Waals surface area contributed by atoms with Crippen molar-refractivity contribution in [2.24, 2.45) is 4.36 Å². The average molecular weight is 413 g/mol. The summed E-state index contributed by atoms with van der Waals surface area (Å²) >= 11 is 0. The maximum Gasteiger partial charge on any atom is 0.353 e. The van der Waals surface area contributed by atoms with Gasteiger partial charge in [-0.1, -0.05) is 18.2 Å². The minimum absolute atomic E-state index is 0.424. The molecule has 0 saturated carbocycles. The summed E-state index contributed by atoms with van der Waals surface area (Å²) in [5.41, 5.74) is 6.68. The number of carbonyl (C=O) groups excluding carboxylic acids is 1. The van der Waals surface area contributed by atoms with Gasteiger partial charge in [0.15, 0.2) is 0 Å². The summed E-state index contributed by atoms with van der Waals surface area (Å²) < 4.78 is 22.0. The van der Waals surface area contributed by atoms with Crippen LogP contribution in [0.5, 0.6) is 0 Å². The Morgan fingerprint density at radius 1 is 1.03 bits per heavy atom. The fraction of sp³-hybridized carbons (Fsp3) is 0.435. The third kappa shape index (κ3) is 3.96. The summed E-state index contributed by atoms with van der Waals surface area (Å²) in [7, 11) is -0.496. The Morgan fingerprint density at radius 2 is 1.62 bits per heavy atom. The second-order valence-electron chi connectivity index (χ2n) is 8.30. The van der Waals surface area contributed by atoms with Gasteiger partial charge in [0.05, 0.1) is 16.2 Å². The van der Waals surface area contributed by atoms with Gasteiger partial charge >= 0.3 is 6.03 Å². The molecule has 2 aromatic carbocycles. The first-order chi connectivity index (χ1) is 13.9. The minimum Gasteiger partial charge on any atom is -0.374 e. The average Bonchev–Trinajstić information content (AvgIpc) is 3.37. The predicted octanol–water partition coefficient (Wildman–Crippen LogP) is 4.80. The highest BCUT2D eigenvalue weighted by Gasteiger charge is 2.25. The van der Waals surface area contributed by atoms with Crippen molar-refractivity contribution < 1.29 is 13.7 Å². The van der Waals surface area contributed by atoms with Gasteiger partial charge in [-0.25, -0.2) is 9.00 Å². The molecule has 2 aliphatic rings. The smallest absolute Gasteiger partial charge is 0.353 e. The van der Waals surface area contributed by atoms with Crippen LogP contribution in [0.2, 0.25) is 0 Å². The summed E-state index contributed by atoms with van der Waals surface area (Å²) in [4.78, 5) is 13.1. The third-order valence-corrected chi connectivity index (χ3v) is 7.28. The van der Waals surface area contributed by atoms with Crippen molar-refractivity contribution in [1.29, 1.82) is 0 Å². The molecule has 2 aliphatic carbocycles. The maximum atomic E-state index is 12.6. The van der Waals surface area contributed by atoms with Gasteiger partial charge in [-0.2, -0.15) is 0 Å². The normalized spacial score (nSPS) is 16.5. The molecule has 0 bridgehead atoms. The molecule has 5 nitrogen and oxygen atoms in total. The predicted molar refractivity (Wildman–Crippen MR) is 116 cm³/mol. The van der Waals surface area contributed by atoms with Gasteiger partial charge in [-0.3, -0.25) is 0 Å². The van der Waals surface area contributed by atoms with E-state index in [0.717, 1.165) is 49.8 Å². The van der Waals surface area contributed by atoms with Crippen LogP contribution in [0.4, 0.5) is 10.5 Å². The molecule has 0 aliphatic heterocycles. The number of hydrogen-bond donors (Lipinski definition) is 2. The zero-order valence-corrected chi connectivity index (χ0v) is 18.1. The van der Waals surface area contributed by atoms with Crippen molar-refractivity contribution in [3.8, 4) is 0 Å². The van der Waals surface area contributed by atoms with E-state index in [-0.39, 0.29) is 0 Å². The molecule has 4 rings (SSSR count). The lowest BCUT2D eigenvalue weighted by Crippen LogP contribution is -2.19. The van der Waals surface area contributed by atoms with Gasteiger partial charge < -0.3 is 10.1 Å². The standard InChI is InChI=1S/C23H28N2O3S/c1-23(2,28-3)17-10-12-18(13-11-17)29(27)25-22(26)24-21-19-8-4-6-15(19)14-16-7-5-9-20(16)21/h10-14,29H,4-9H2,1-3H3,(H,24,26). The molecule has 2 amide bonds. The summed E-state index contributed by atoms with van der Waals surface area (Å²) in [6.07, 6.45) is 6.36. The van der Waals surface area contributed by atoms with Crippen LogP contribution in [0.15, 0.2) is 39.6 Å². The number of urea groups is 1. The molecule has 0 heterocycles. The number of rotatable bonds is 4. The van der Waals surface area contributed by atoms with Crippen LogP contribution in [-0.4, -0.2) is 17.3 Å². The second-order valence-corrected chi connectivity index (χ2v) is 9.56. The highest BCUT2D eigenvalue weighted by atomic mass is 32.2. The van der Waals surface area contributed by atoms with Gasteiger partial charge in [0.25, 0.3) is 0 Å². The molecule has 0 saturated heterocycles. The largest absolute Gasteiger partial charge is 0.374 e. The number of thiol groups is 1. The van der Waals surface area contributed by atoms with E-state index in [1.807, 2.05) is 26.0 Å². The van der Waals surface area contributed by atoms with Crippen molar-refractivity contribution in [3.63, 3.8) is 0 Å². The molecular weight excluding hydrogens is 384 g/mol. The van der Waals surface area contributed by atoms with Crippen LogP contribution in [0, 0.1) is 0 Å². The SMILES string of the molecule is COC(C)(C)c1ccc(/[SH](=O)=N/C(=O)Nc2c3c(cc4c2CCC4)CCC3)cc1. The molecule has 0 spiro atoms. The first-order valence-corrected chi connectivity index (χ1v) is 11.4. The van der Waals surface area contributed by atoms with Crippen molar-refractivity contribution in [2.45, 2.75) is 62.9 Å². The summed E-state index contributed by atoms with van der Waals surface area (Å²) in [5, 5.41) is 2.98. The van der Waals surface area contributed by atoms with Gasteiger partial charge in [-0.05, 0) is 92.3 Å². The summed E-state index contributed by atoms with van der Waals surface area (Å²) in [5.74, 6) is 0. The molecule has 154 valence electrons. The fourth-order valence-electron chi connectivity index (χ4n) is 4.35. The van der Waals surface area contributed by atoms with Crippen LogP contribution < -0.4 is 5.32 Å². The monoisotopic (exact) mass is 412 g/mol. The number of aryl methyl sites for hydroxylation is 2. The lowest BCUT2D eigenvalue weighted by Gasteiger charge is -2.23. The molecule has 1 N–H and O–H groups in total. The van der Waals surface area contributed by atoms with Crippen LogP contribution >= 0.6 is 0 Å². The topological polar surface area (TPSA) is 67.8 Å². The first-order valence-electron chi connectivity index (χ1n) is 10.2. The van der Waals surface area contributed by atoms with E-state index in [0.29, 0.717) is 4.90 Å². The van der Waals surface area contributed by atoms with Crippen LogP contribution in [0.3, 0.4) is 0 Å². The summed E-state index contributed by atoms with van der Waals surface area (Å²) in [6, 6.07) is 9.04. The van der Waals surface area contributed by atoms with E-state index in [2.05, 4.69) is 15.7 Å². The van der Waals surface area contributed by atoms with E-state index in [4.69, 9.17) is 4.74 Å². The number of carbonyl (C=O) groups is 1. The van der Waals surface area contributed by atoms with E-state index < -0.39 is 22.2 Å². The number of hydrogen-bond acceptors (Lipinski definition) is 3. The number of fused-ring (bicyclic) bond motifs is 2. The summed E-state index contributed by atoms with van der Waals surface area (Å²) in [6.45, 7) is 3.94. The third-order valence-electron chi connectivity index (χ3n) is 6.18. The number of nitrogens with one attached hydrogen (secondary N) is 1. The lowest BCUT2D eigenvalue weighted by atomic mass is 9.98. The molecular formula is C23H28N2O3S. The quantitative estimate of drug-likeness (QED) is 0.709. The molecule has 0 fully saturated rings. The van der Waals surface area contributed by atoms with Crippen LogP contribution in [0.25, 0.3) is 0 Å². The Morgan fingerprint density at radius 3 is 2.17 bits per heavy atom. The fourth-order valence-corrected chi connectivity index (χ4v) is 5.08. The zero-order chi connectivity index (χ0) is 20.6. The van der Waals surface area contributed by atoms with E-state index in [1.165, 1.54) is 22.3 Å². The Kier molecular flexibility index (Phi) is 5.49. The van der Waals surface area contributed by atoms with Crippen molar-refractivity contribution in [2.75, 3.05) is 12.4 Å². The Bertz CT molecular complexity index is 1000. The Labute approximate surface area is 174 Å². The highest BCUT2D eigenvalue weighted by molar-refractivity contribution is 7.75. The van der Waals surface area contributed by atoms with Crippen LogP contribution in [-0.2, 0) is 46.6 Å². The van der Waals surface area contributed by atoms with Gasteiger partial charge in [0.2, 0.25) is 0 Å². The maximum absolute atomic E-state index is 12.6. The molecule has 29 heavy (non-hydrogen) atoms. The van der Waals surface area contributed by atoms with Gasteiger partial charge in [-0.15, -0.1) is 4.36 Å². The van der Waals surface area contributed by atoms with Crippen molar-refractivity contribution in [1.82, 2.24) is 0 Å². The highest BCUT2D eigenvalue weighted by Crippen LogP contribution is 2.38. The molecule has 2 aromatic rings. The number of methoxy groups -OCH3 is 1. The molecule has 6 heteroatoms. The zero-order valence-electron chi connectivity index (χ0n) is 17.2. The van der Waals surface area contributed by atoms with Crippen molar-refractivity contribution in [3.05, 3.63) is 58.1 Å². The van der Waals surface area contributed by atoms with E-state index in [9.17, 15) is 9.00 Å². The first kappa shape index (κ1) is 20.1. The number of nitrogens with zero attached hydrogens (tertiary/aromatic N) is 1.